The molecule has 0 aromatic carbocycles. The lowest BCUT2D eigenvalue weighted by Gasteiger charge is -2.10. The minimum atomic E-state index is -4.60. The first-order valence-corrected chi connectivity index (χ1v) is 10.5. The molecule has 1 aliphatic rings. The van der Waals surface area contributed by atoms with Gasteiger partial charge in [0.15, 0.2) is 11.5 Å². The Balaban J connectivity index is 1.44. The summed E-state index contributed by atoms with van der Waals surface area (Å²) in [5.74, 6) is -2.71. The van der Waals surface area contributed by atoms with Crippen molar-refractivity contribution in [3.63, 3.8) is 0 Å². The molecule has 1 saturated carbocycles. The highest BCUT2D eigenvalue weighted by atomic mass is 19.4. The number of nitrogens with zero attached hydrogens (tertiary/aromatic N) is 6. The first-order chi connectivity index (χ1) is 17.1. The molecule has 0 unspecified atom stereocenters. The van der Waals surface area contributed by atoms with Crippen molar-refractivity contribution >= 4 is 16.6 Å². The molecule has 0 bridgehead atoms. The van der Waals surface area contributed by atoms with Crippen LogP contribution in [0.2, 0.25) is 0 Å². The molecule has 15 heteroatoms. The number of fused-ring (bicyclic) bond motifs is 2. The molecular weight excluding hydrogens is 491 g/mol. The molecule has 1 aliphatic carbocycles. The smallest absolute Gasteiger partial charge is 0.313 e. The molecule has 10 nitrogen and oxygen atoms in total. The van der Waals surface area contributed by atoms with E-state index in [1.54, 1.807) is 0 Å². The zero-order valence-electron chi connectivity index (χ0n) is 17.8. The van der Waals surface area contributed by atoms with Crippen LogP contribution in [0.15, 0.2) is 40.4 Å². The van der Waals surface area contributed by atoms with Crippen LogP contribution < -0.4 is 11.2 Å². The molecule has 0 amide bonds. The predicted octanol–water partition coefficient (Wildman–Crippen LogP) is 2.63. The third-order valence-electron chi connectivity index (χ3n) is 6.06. The van der Waals surface area contributed by atoms with Gasteiger partial charge in [0.2, 0.25) is 5.95 Å². The largest absolute Gasteiger partial charge is 0.408 e. The number of H-pyrrole nitrogens is 2. The molecule has 0 spiro atoms. The van der Waals surface area contributed by atoms with E-state index in [1.165, 1.54) is 12.3 Å². The zero-order chi connectivity index (χ0) is 25.4. The number of aromatic nitrogens is 8. The van der Waals surface area contributed by atoms with Crippen molar-refractivity contribution in [1.29, 1.82) is 0 Å². The standard InChI is InChI=1S/C21H13F5N8O2/c22-14-6-28-18-11(2-13(32-34(14)18)12-5-29-20(36)31-19(12)35)9-1-10(9)16-15(23)17-8(3-27-16)4-30-33(17)7-21(24,25)26/h2-6,9-10H,1,7H2,(H2,29,31,35,36)/t9-,10-/m0/s1. The Kier molecular flexibility index (Phi) is 4.62. The minimum Gasteiger partial charge on any atom is -0.313 e. The molecule has 5 aromatic heterocycles. The number of pyridine rings is 1. The molecule has 0 saturated heterocycles. The van der Waals surface area contributed by atoms with Gasteiger partial charge in [0.05, 0.1) is 29.3 Å². The summed E-state index contributed by atoms with van der Waals surface area (Å²) in [5.41, 5.74) is -1.28. The van der Waals surface area contributed by atoms with Crippen molar-refractivity contribution < 1.29 is 22.0 Å². The molecule has 2 atom stereocenters. The highest BCUT2D eigenvalue weighted by Gasteiger charge is 2.45. The van der Waals surface area contributed by atoms with Gasteiger partial charge in [-0.2, -0.15) is 32.3 Å². The van der Waals surface area contributed by atoms with Crippen LogP contribution in [-0.2, 0) is 6.54 Å². The van der Waals surface area contributed by atoms with Crippen molar-refractivity contribution in [2.75, 3.05) is 0 Å². The normalized spacial score (nSPS) is 17.8. The maximum Gasteiger partial charge on any atom is 0.408 e. The second-order valence-corrected chi connectivity index (χ2v) is 8.41. The molecule has 5 heterocycles. The second kappa shape index (κ2) is 7.53. The Morgan fingerprint density at radius 1 is 1.08 bits per heavy atom. The lowest BCUT2D eigenvalue weighted by molar-refractivity contribution is -0.141. The quantitative estimate of drug-likeness (QED) is 0.363. The third-order valence-corrected chi connectivity index (χ3v) is 6.06. The lowest BCUT2D eigenvalue weighted by atomic mass is 10.1. The number of hydrogen-bond donors (Lipinski definition) is 2. The summed E-state index contributed by atoms with van der Waals surface area (Å²) in [6.45, 7) is -1.46. The van der Waals surface area contributed by atoms with Gasteiger partial charge in [0, 0.05) is 29.3 Å². The van der Waals surface area contributed by atoms with Crippen LogP contribution in [0.4, 0.5) is 22.0 Å². The number of nitrogens with one attached hydrogen (secondary N) is 2. The number of aromatic amines is 2. The summed E-state index contributed by atoms with van der Waals surface area (Å²) >= 11 is 0. The molecule has 36 heavy (non-hydrogen) atoms. The lowest BCUT2D eigenvalue weighted by Crippen LogP contribution is -2.23. The molecular formula is C21H13F5N8O2. The maximum atomic E-state index is 15.4. The summed E-state index contributed by atoms with van der Waals surface area (Å²) < 4.78 is 70.0. The SMILES string of the molecule is O=c1[nH]cc(-c2cc([C@H]3C[C@@H]3c3ncc4cnn(CC(F)(F)F)c4c3F)c3ncc(F)n3n2)c(=O)[nH]1. The van der Waals surface area contributed by atoms with Crippen LogP contribution in [0.1, 0.15) is 29.5 Å². The fraction of sp³-hybridized carbons (Fsp3) is 0.238. The van der Waals surface area contributed by atoms with Gasteiger partial charge in [0.25, 0.3) is 5.56 Å². The predicted molar refractivity (Wildman–Crippen MR) is 113 cm³/mol. The molecule has 1 fully saturated rings. The molecule has 184 valence electrons. The van der Waals surface area contributed by atoms with E-state index in [9.17, 15) is 27.2 Å². The topological polar surface area (TPSA) is 127 Å². The average Bonchev–Trinajstić information content (AvgIpc) is 3.35. The number of imidazole rings is 1. The maximum absolute atomic E-state index is 15.4. The summed E-state index contributed by atoms with van der Waals surface area (Å²) in [6.07, 6.45) is 0.184. The van der Waals surface area contributed by atoms with E-state index < -0.39 is 47.6 Å². The van der Waals surface area contributed by atoms with Gasteiger partial charge in [-0.1, -0.05) is 0 Å². The van der Waals surface area contributed by atoms with Crippen molar-refractivity contribution in [1.82, 2.24) is 39.3 Å². The van der Waals surface area contributed by atoms with E-state index in [-0.39, 0.29) is 33.5 Å². The highest BCUT2D eigenvalue weighted by Crippen LogP contribution is 2.56. The number of hydrogen-bond acceptors (Lipinski definition) is 6. The van der Waals surface area contributed by atoms with Gasteiger partial charge in [-0.25, -0.2) is 14.2 Å². The van der Waals surface area contributed by atoms with Crippen LogP contribution in [0.3, 0.4) is 0 Å². The van der Waals surface area contributed by atoms with Crippen molar-refractivity contribution in [3.05, 3.63) is 74.7 Å². The minimum absolute atomic E-state index is 0.0321. The Labute approximate surface area is 195 Å². The number of rotatable bonds is 4. The van der Waals surface area contributed by atoms with Crippen LogP contribution in [0.25, 0.3) is 27.8 Å². The second-order valence-electron chi connectivity index (χ2n) is 8.41. The van der Waals surface area contributed by atoms with Crippen molar-refractivity contribution in [3.8, 4) is 11.3 Å². The van der Waals surface area contributed by atoms with Crippen molar-refractivity contribution in [2.45, 2.75) is 31.0 Å². The first-order valence-electron chi connectivity index (χ1n) is 10.5. The molecule has 0 radical (unpaired) electrons. The van der Waals surface area contributed by atoms with Gasteiger partial charge in [-0.3, -0.25) is 19.4 Å². The number of alkyl halides is 3. The third kappa shape index (κ3) is 3.54. The molecule has 0 aliphatic heterocycles. The Bertz CT molecular complexity index is 1780. The summed E-state index contributed by atoms with van der Waals surface area (Å²) in [5, 5.41) is 7.85. The molecule has 6 rings (SSSR count). The van der Waals surface area contributed by atoms with E-state index in [2.05, 4.69) is 30.1 Å². The first kappa shape index (κ1) is 22.1. The monoisotopic (exact) mass is 504 g/mol. The van der Waals surface area contributed by atoms with Crippen LogP contribution in [0.5, 0.6) is 0 Å². The molecule has 2 N–H and O–H groups in total. The number of halogens is 5. The van der Waals surface area contributed by atoms with E-state index >= 15 is 4.39 Å². The van der Waals surface area contributed by atoms with E-state index in [4.69, 9.17) is 0 Å². The van der Waals surface area contributed by atoms with Crippen LogP contribution in [0, 0.1) is 11.8 Å². The van der Waals surface area contributed by atoms with Crippen molar-refractivity contribution in [2.24, 2.45) is 0 Å². The van der Waals surface area contributed by atoms with E-state index in [1.807, 2.05) is 0 Å². The Morgan fingerprint density at radius 3 is 2.64 bits per heavy atom. The van der Waals surface area contributed by atoms with Gasteiger partial charge < -0.3 is 4.98 Å². The van der Waals surface area contributed by atoms with Gasteiger partial charge >= 0.3 is 11.9 Å². The molecule has 5 aromatic rings. The van der Waals surface area contributed by atoms with E-state index in [0.29, 0.717) is 16.7 Å². The summed E-state index contributed by atoms with van der Waals surface area (Å²) in [4.78, 5) is 36.2. The van der Waals surface area contributed by atoms with E-state index in [0.717, 1.165) is 23.1 Å². The highest BCUT2D eigenvalue weighted by molar-refractivity contribution is 5.79. The zero-order valence-corrected chi connectivity index (χ0v) is 17.8. The van der Waals surface area contributed by atoms with Gasteiger partial charge in [-0.05, 0) is 18.4 Å². The summed E-state index contributed by atoms with van der Waals surface area (Å²) in [6, 6.07) is 1.49. The Morgan fingerprint density at radius 2 is 1.89 bits per heavy atom. The Hall–Kier alpha value is -4.43. The van der Waals surface area contributed by atoms with Gasteiger partial charge in [0.1, 0.15) is 12.1 Å². The van der Waals surface area contributed by atoms with Gasteiger partial charge in [-0.15, -0.1) is 0 Å². The average molecular weight is 504 g/mol. The van der Waals surface area contributed by atoms with Crippen LogP contribution >= 0.6 is 0 Å². The fourth-order valence-corrected chi connectivity index (χ4v) is 4.41. The fourth-order valence-electron chi connectivity index (χ4n) is 4.41. The van der Waals surface area contributed by atoms with Crippen LogP contribution in [-0.4, -0.2) is 45.5 Å². The summed E-state index contributed by atoms with van der Waals surface area (Å²) in [7, 11) is 0.